The van der Waals surface area contributed by atoms with Gasteiger partial charge in [-0.2, -0.15) is 5.06 Å². The van der Waals surface area contributed by atoms with Crippen molar-refractivity contribution in [1.29, 1.82) is 0 Å². The Labute approximate surface area is 50.4 Å². The van der Waals surface area contributed by atoms with Gasteiger partial charge in [0.15, 0.2) is 0 Å². The van der Waals surface area contributed by atoms with Gasteiger partial charge >= 0.3 is 0 Å². The minimum atomic E-state index is 0.306. The van der Waals surface area contributed by atoms with Gasteiger partial charge in [0.2, 0.25) is 0 Å². The molecule has 3 nitrogen and oxygen atoms in total. The van der Waals surface area contributed by atoms with Gasteiger partial charge in [0.05, 0.1) is 7.11 Å². The first kappa shape index (κ1) is 7.88. The molecule has 0 radical (unpaired) electrons. The van der Waals surface area contributed by atoms with Crippen molar-refractivity contribution in [3.63, 3.8) is 0 Å². The van der Waals surface area contributed by atoms with Gasteiger partial charge in [0.25, 0.3) is 0 Å². The van der Waals surface area contributed by atoms with Gasteiger partial charge in [-0.05, 0) is 6.92 Å². The van der Waals surface area contributed by atoms with Crippen LogP contribution in [0, 0.1) is 0 Å². The number of nitrogens with two attached hydrogens (primary N) is 1. The van der Waals surface area contributed by atoms with Crippen LogP contribution < -0.4 is 5.73 Å². The van der Waals surface area contributed by atoms with Crippen molar-refractivity contribution in [2.45, 2.75) is 13.0 Å². The molecule has 0 amide bonds. The van der Waals surface area contributed by atoms with Crippen LogP contribution in [0.2, 0.25) is 0 Å². The zero-order valence-corrected chi connectivity index (χ0v) is 5.72. The molecule has 0 aliphatic rings. The molecule has 3 heteroatoms. The van der Waals surface area contributed by atoms with Crippen LogP contribution in [0.1, 0.15) is 6.92 Å². The maximum atomic E-state index is 5.33. The van der Waals surface area contributed by atoms with Crippen molar-refractivity contribution in [2.75, 3.05) is 20.7 Å². The highest BCUT2D eigenvalue weighted by molar-refractivity contribution is 4.53. The van der Waals surface area contributed by atoms with Gasteiger partial charge in [-0.15, -0.1) is 0 Å². The Kier molecular flexibility index (Phi) is 3.77. The first-order valence-electron chi connectivity index (χ1n) is 2.69. The van der Waals surface area contributed by atoms with Crippen LogP contribution in [0.4, 0.5) is 0 Å². The molecule has 0 spiro atoms. The fourth-order valence-electron chi connectivity index (χ4n) is 0.328. The molecule has 1 unspecified atom stereocenters. The Bertz CT molecular complexity index is 50.4. The Morgan fingerprint density at radius 1 is 1.75 bits per heavy atom. The molecule has 0 aromatic rings. The molecule has 0 rings (SSSR count). The molecular formula is C5H14N2O. The molecule has 0 aliphatic carbocycles. The Hall–Kier alpha value is -0.120. The minimum absolute atomic E-state index is 0.306. The summed E-state index contributed by atoms with van der Waals surface area (Å²) in [4.78, 5) is 4.86. The molecule has 0 saturated heterocycles. The summed E-state index contributed by atoms with van der Waals surface area (Å²) in [6.07, 6.45) is 0. The van der Waals surface area contributed by atoms with Crippen molar-refractivity contribution < 1.29 is 4.84 Å². The van der Waals surface area contributed by atoms with E-state index in [9.17, 15) is 0 Å². The molecule has 0 saturated carbocycles. The van der Waals surface area contributed by atoms with Crippen LogP contribution >= 0.6 is 0 Å². The van der Waals surface area contributed by atoms with Crippen LogP contribution in [-0.2, 0) is 4.84 Å². The average Bonchev–Trinajstić information content (AvgIpc) is 1.84. The Balaban J connectivity index is 3.29. The molecule has 0 heterocycles. The predicted molar refractivity (Wildman–Crippen MR) is 33.3 cm³/mol. The third-order valence-electron chi connectivity index (χ3n) is 1.25. The van der Waals surface area contributed by atoms with E-state index in [0.717, 1.165) is 0 Å². The number of likely N-dealkylation sites (N-methyl/N-ethyl adjacent to an activating group) is 1. The first-order chi connectivity index (χ1) is 3.72. The van der Waals surface area contributed by atoms with E-state index < -0.39 is 0 Å². The first-order valence-corrected chi connectivity index (χ1v) is 2.69. The smallest absolute Gasteiger partial charge is 0.0575 e. The summed E-state index contributed by atoms with van der Waals surface area (Å²) in [6, 6.07) is 0.306. The second kappa shape index (κ2) is 3.83. The summed E-state index contributed by atoms with van der Waals surface area (Å²) in [5, 5.41) is 1.72. The van der Waals surface area contributed by atoms with E-state index in [0.29, 0.717) is 12.6 Å². The maximum Gasteiger partial charge on any atom is 0.0575 e. The van der Waals surface area contributed by atoms with Crippen LogP contribution in [-0.4, -0.2) is 31.8 Å². The van der Waals surface area contributed by atoms with Gasteiger partial charge in [-0.3, -0.25) is 0 Å². The van der Waals surface area contributed by atoms with Gasteiger partial charge in [0.1, 0.15) is 0 Å². The lowest BCUT2D eigenvalue weighted by Gasteiger charge is -2.19. The lowest BCUT2D eigenvalue weighted by molar-refractivity contribution is -0.133. The highest BCUT2D eigenvalue weighted by atomic mass is 16.7. The average molecular weight is 118 g/mol. The van der Waals surface area contributed by atoms with Crippen LogP contribution in [0.3, 0.4) is 0 Å². The number of hydrogen-bond acceptors (Lipinski definition) is 3. The fraction of sp³-hybridized carbons (Fsp3) is 1.00. The van der Waals surface area contributed by atoms with Crippen LogP contribution in [0.15, 0.2) is 0 Å². The third kappa shape index (κ3) is 2.26. The molecule has 0 aliphatic heterocycles. The number of rotatable bonds is 3. The highest BCUT2D eigenvalue weighted by Crippen LogP contribution is 1.89. The molecule has 2 N–H and O–H groups in total. The summed E-state index contributed by atoms with van der Waals surface area (Å²) in [6.45, 7) is 2.63. The minimum Gasteiger partial charge on any atom is -0.329 e. The van der Waals surface area contributed by atoms with Crippen molar-refractivity contribution >= 4 is 0 Å². The topological polar surface area (TPSA) is 38.5 Å². The van der Waals surface area contributed by atoms with Gasteiger partial charge in [-0.1, -0.05) is 0 Å². The second-order valence-electron chi connectivity index (χ2n) is 1.81. The van der Waals surface area contributed by atoms with E-state index in [2.05, 4.69) is 0 Å². The number of hydroxylamine groups is 2. The zero-order chi connectivity index (χ0) is 6.57. The molecular weight excluding hydrogens is 104 g/mol. The predicted octanol–water partition coefficient (Wildman–Crippen LogP) is -0.173. The quantitative estimate of drug-likeness (QED) is 0.523. The standard InChI is InChI=1S/C5H14N2O/c1-5(4-6)7(2)8-3/h5H,4,6H2,1-3H3. The number of nitrogens with zero attached hydrogens (tertiary/aromatic N) is 1. The second-order valence-corrected chi connectivity index (χ2v) is 1.81. The molecule has 0 bridgehead atoms. The summed E-state index contributed by atoms with van der Waals surface area (Å²) in [7, 11) is 3.49. The molecule has 0 aromatic heterocycles. The van der Waals surface area contributed by atoms with E-state index in [1.54, 1.807) is 12.2 Å². The molecule has 50 valence electrons. The normalized spacial score (nSPS) is 14.6. The van der Waals surface area contributed by atoms with E-state index in [1.807, 2.05) is 14.0 Å². The zero-order valence-electron chi connectivity index (χ0n) is 5.72. The lowest BCUT2D eigenvalue weighted by atomic mass is 10.3. The third-order valence-corrected chi connectivity index (χ3v) is 1.25. The van der Waals surface area contributed by atoms with Crippen LogP contribution in [0.25, 0.3) is 0 Å². The fourth-order valence-corrected chi connectivity index (χ4v) is 0.328. The monoisotopic (exact) mass is 118 g/mol. The lowest BCUT2D eigenvalue weighted by Crippen LogP contribution is -2.34. The molecule has 8 heavy (non-hydrogen) atoms. The maximum absolute atomic E-state index is 5.33. The van der Waals surface area contributed by atoms with Crippen LogP contribution in [0.5, 0.6) is 0 Å². The number of hydrogen-bond donors (Lipinski definition) is 1. The highest BCUT2D eigenvalue weighted by Gasteiger charge is 2.02. The summed E-state index contributed by atoms with van der Waals surface area (Å²) in [5.41, 5.74) is 5.33. The van der Waals surface area contributed by atoms with Gasteiger partial charge in [0, 0.05) is 19.6 Å². The van der Waals surface area contributed by atoms with Gasteiger partial charge < -0.3 is 10.6 Å². The summed E-state index contributed by atoms with van der Waals surface area (Å²) >= 11 is 0. The van der Waals surface area contributed by atoms with E-state index in [1.165, 1.54) is 0 Å². The van der Waals surface area contributed by atoms with E-state index in [4.69, 9.17) is 10.6 Å². The van der Waals surface area contributed by atoms with Crippen molar-refractivity contribution in [1.82, 2.24) is 5.06 Å². The largest absolute Gasteiger partial charge is 0.329 e. The van der Waals surface area contributed by atoms with E-state index in [-0.39, 0.29) is 0 Å². The Morgan fingerprint density at radius 2 is 2.25 bits per heavy atom. The molecule has 0 fully saturated rings. The SMILES string of the molecule is CON(C)C(C)CN. The summed E-state index contributed by atoms with van der Waals surface area (Å²) < 4.78 is 0. The summed E-state index contributed by atoms with van der Waals surface area (Å²) in [5.74, 6) is 0. The van der Waals surface area contributed by atoms with Crippen molar-refractivity contribution in [3.05, 3.63) is 0 Å². The van der Waals surface area contributed by atoms with Gasteiger partial charge in [-0.25, -0.2) is 0 Å². The molecule has 1 atom stereocenters. The molecule has 0 aromatic carbocycles. The van der Waals surface area contributed by atoms with Crippen molar-refractivity contribution in [3.8, 4) is 0 Å². The van der Waals surface area contributed by atoms with E-state index >= 15 is 0 Å². The Morgan fingerprint density at radius 3 is 2.38 bits per heavy atom. The van der Waals surface area contributed by atoms with Crippen molar-refractivity contribution in [2.24, 2.45) is 5.73 Å².